The van der Waals surface area contributed by atoms with Crippen molar-refractivity contribution in [1.29, 1.82) is 0 Å². The number of hydrogen-bond donors (Lipinski definition) is 1. The summed E-state index contributed by atoms with van der Waals surface area (Å²) < 4.78 is 0. The number of unbranched alkanes of at least 4 members (excludes halogenated alkanes) is 8. The minimum absolute atomic E-state index is 0.250. The SMILES string of the molecule is CCCCCC/C=C/CCCCC/C=C/CCC(=O)O. The van der Waals surface area contributed by atoms with Crippen LogP contribution in [0.5, 0.6) is 0 Å². The van der Waals surface area contributed by atoms with Crippen molar-refractivity contribution in [2.75, 3.05) is 0 Å². The second-order valence-corrected chi connectivity index (χ2v) is 5.36. The molecule has 0 aromatic heterocycles. The average molecular weight is 280 g/mol. The van der Waals surface area contributed by atoms with E-state index >= 15 is 0 Å². The molecule has 0 heterocycles. The normalized spacial score (nSPS) is 11.7. The van der Waals surface area contributed by atoms with Gasteiger partial charge < -0.3 is 5.11 Å². The Balaban J connectivity index is 3.16. The average Bonchev–Trinajstić information content (AvgIpc) is 2.43. The third-order valence-electron chi connectivity index (χ3n) is 3.32. The Hall–Kier alpha value is -1.05. The molecular weight excluding hydrogens is 248 g/mol. The van der Waals surface area contributed by atoms with Crippen molar-refractivity contribution in [3.8, 4) is 0 Å². The van der Waals surface area contributed by atoms with Gasteiger partial charge in [0.05, 0.1) is 0 Å². The Morgan fingerprint density at radius 2 is 1.20 bits per heavy atom. The minimum atomic E-state index is -0.712. The smallest absolute Gasteiger partial charge is 0.303 e. The van der Waals surface area contributed by atoms with Crippen LogP contribution in [0.25, 0.3) is 0 Å². The fraction of sp³-hybridized carbons (Fsp3) is 0.722. The molecule has 0 atom stereocenters. The standard InChI is InChI=1S/C18H32O2/c1-2-3-4-5-6-7-8-9-10-11-12-13-14-15-16-17-18(19)20/h7-8,14-15H,2-6,9-13,16-17H2,1H3,(H,19,20)/b8-7+,15-14+. The van der Waals surface area contributed by atoms with Crippen LogP contribution in [0.2, 0.25) is 0 Å². The van der Waals surface area contributed by atoms with Crippen LogP contribution >= 0.6 is 0 Å². The molecule has 0 aliphatic rings. The van der Waals surface area contributed by atoms with E-state index in [1.54, 1.807) is 0 Å². The number of allylic oxidation sites excluding steroid dienone is 4. The van der Waals surface area contributed by atoms with E-state index in [1.165, 1.54) is 57.8 Å². The largest absolute Gasteiger partial charge is 0.481 e. The highest BCUT2D eigenvalue weighted by molar-refractivity contribution is 5.66. The van der Waals surface area contributed by atoms with Crippen LogP contribution in [0.15, 0.2) is 24.3 Å². The monoisotopic (exact) mass is 280 g/mol. The lowest BCUT2D eigenvalue weighted by Crippen LogP contribution is -1.91. The molecule has 116 valence electrons. The zero-order valence-electron chi connectivity index (χ0n) is 13.2. The maximum atomic E-state index is 10.3. The van der Waals surface area contributed by atoms with Crippen molar-refractivity contribution in [2.24, 2.45) is 0 Å². The Morgan fingerprint density at radius 3 is 1.65 bits per heavy atom. The molecule has 0 aliphatic carbocycles. The van der Waals surface area contributed by atoms with Gasteiger partial charge in [-0.15, -0.1) is 0 Å². The first-order valence-electron chi connectivity index (χ1n) is 8.29. The topological polar surface area (TPSA) is 37.3 Å². The van der Waals surface area contributed by atoms with Gasteiger partial charge in [-0.05, 0) is 44.9 Å². The van der Waals surface area contributed by atoms with Crippen molar-refractivity contribution in [3.63, 3.8) is 0 Å². The van der Waals surface area contributed by atoms with E-state index in [-0.39, 0.29) is 6.42 Å². The van der Waals surface area contributed by atoms with Crippen LogP contribution in [-0.2, 0) is 4.79 Å². The molecule has 0 rings (SSSR count). The summed E-state index contributed by atoms with van der Waals surface area (Å²) in [5.41, 5.74) is 0. The first kappa shape index (κ1) is 18.9. The lowest BCUT2D eigenvalue weighted by Gasteiger charge is -1.96. The predicted octanol–water partition coefficient (Wildman–Crippen LogP) is 5.88. The van der Waals surface area contributed by atoms with Crippen molar-refractivity contribution >= 4 is 5.97 Å². The van der Waals surface area contributed by atoms with Gasteiger partial charge in [-0.25, -0.2) is 0 Å². The number of carboxylic acid groups (broad SMARTS) is 1. The van der Waals surface area contributed by atoms with Crippen molar-refractivity contribution in [1.82, 2.24) is 0 Å². The van der Waals surface area contributed by atoms with Gasteiger partial charge in [-0.1, -0.05) is 56.9 Å². The van der Waals surface area contributed by atoms with Crippen LogP contribution in [0.1, 0.15) is 84.0 Å². The van der Waals surface area contributed by atoms with E-state index in [9.17, 15) is 4.79 Å². The Kier molecular flexibility index (Phi) is 15.2. The second-order valence-electron chi connectivity index (χ2n) is 5.36. The maximum Gasteiger partial charge on any atom is 0.303 e. The van der Waals surface area contributed by atoms with Gasteiger partial charge in [0.1, 0.15) is 0 Å². The molecule has 2 heteroatoms. The fourth-order valence-corrected chi connectivity index (χ4v) is 2.07. The zero-order chi connectivity index (χ0) is 14.9. The zero-order valence-corrected chi connectivity index (χ0v) is 13.2. The van der Waals surface area contributed by atoms with Gasteiger partial charge in [0, 0.05) is 6.42 Å². The number of hydrogen-bond acceptors (Lipinski definition) is 1. The van der Waals surface area contributed by atoms with Gasteiger partial charge >= 0.3 is 5.97 Å². The summed E-state index contributed by atoms with van der Waals surface area (Å²) in [6.45, 7) is 2.25. The van der Waals surface area contributed by atoms with Crippen molar-refractivity contribution < 1.29 is 9.90 Å². The van der Waals surface area contributed by atoms with Gasteiger partial charge in [-0.2, -0.15) is 0 Å². The van der Waals surface area contributed by atoms with Crippen LogP contribution in [-0.4, -0.2) is 11.1 Å². The Bertz CT molecular complexity index is 267. The van der Waals surface area contributed by atoms with E-state index in [0.717, 1.165) is 6.42 Å². The molecule has 0 unspecified atom stereocenters. The number of aliphatic carboxylic acids is 1. The molecule has 0 bridgehead atoms. The molecule has 2 nitrogen and oxygen atoms in total. The van der Waals surface area contributed by atoms with E-state index in [2.05, 4.69) is 25.2 Å². The van der Waals surface area contributed by atoms with E-state index in [1.807, 2.05) is 6.08 Å². The Morgan fingerprint density at radius 1 is 0.750 bits per heavy atom. The summed E-state index contributed by atoms with van der Waals surface area (Å²) in [5.74, 6) is -0.712. The number of rotatable bonds is 14. The van der Waals surface area contributed by atoms with E-state index in [0.29, 0.717) is 6.42 Å². The van der Waals surface area contributed by atoms with E-state index < -0.39 is 5.97 Å². The summed E-state index contributed by atoms with van der Waals surface area (Å²) >= 11 is 0. The lowest BCUT2D eigenvalue weighted by molar-refractivity contribution is -0.136. The molecule has 0 saturated carbocycles. The first-order valence-corrected chi connectivity index (χ1v) is 8.29. The molecular formula is C18H32O2. The molecule has 0 amide bonds. The van der Waals surface area contributed by atoms with Gasteiger partial charge in [0.2, 0.25) is 0 Å². The number of carbonyl (C=O) groups is 1. The Labute approximate surface area is 125 Å². The summed E-state index contributed by atoms with van der Waals surface area (Å²) in [4.78, 5) is 10.3. The van der Waals surface area contributed by atoms with Crippen LogP contribution in [0, 0.1) is 0 Å². The summed E-state index contributed by atoms with van der Waals surface area (Å²) in [5, 5.41) is 8.48. The molecule has 0 aromatic rings. The molecule has 0 aromatic carbocycles. The van der Waals surface area contributed by atoms with Gasteiger partial charge in [0.15, 0.2) is 0 Å². The highest BCUT2D eigenvalue weighted by Crippen LogP contribution is 2.07. The molecule has 0 fully saturated rings. The van der Waals surface area contributed by atoms with E-state index in [4.69, 9.17) is 5.11 Å². The lowest BCUT2D eigenvalue weighted by atomic mass is 10.1. The predicted molar refractivity (Wildman–Crippen MR) is 87.0 cm³/mol. The molecule has 0 radical (unpaired) electrons. The first-order chi connectivity index (χ1) is 9.77. The summed E-state index contributed by atoms with van der Waals surface area (Å²) in [6, 6.07) is 0. The van der Waals surface area contributed by atoms with Crippen molar-refractivity contribution in [3.05, 3.63) is 24.3 Å². The van der Waals surface area contributed by atoms with Gasteiger partial charge in [0.25, 0.3) is 0 Å². The molecule has 0 saturated heterocycles. The second kappa shape index (κ2) is 16.0. The third kappa shape index (κ3) is 16.9. The van der Waals surface area contributed by atoms with Crippen LogP contribution < -0.4 is 0 Å². The summed E-state index contributed by atoms with van der Waals surface area (Å²) in [6.07, 6.45) is 22.4. The summed E-state index contributed by atoms with van der Waals surface area (Å²) in [7, 11) is 0. The fourth-order valence-electron chi connectivity index (χ4n) is 2.07. The highest BCUT2D eigenvalue weighted by atomic mass is 16.4. The molecule has 0 aliphatic heterocycles. The van der Waals surface area contributed by atoms with Crippen LogP contribution in [0.4, 0.5) is 0 Å². The van der Waals surface area contributed by atoms with Gasteiger partial charge in [-0.3, -0.25) is 4.79 Å². The molecule has 20 heavy (non-hydrogen) atoms. The van der Waals surface area contributed by atoms with Crippen molar-refractivity contribution in [2.45, 2.75) is 84.0 Å². The minimum Gasteiger partial charge on any atom is -0.481 e. The maximum absolute atomic E-state index is 10.3. The highest BCUT2D eigenvalue weighted by Gasteiger charge is 1.91. The molecule has 0 spiro atoms. The quantitative estimate of drug-likeness (QED) is 0.318. The molecule has 1 N–H and O–H groups in total. The van der Waals surface area contributed by atoms with Crippen LogP contribution in [0.3, 0.4) is 0 Å². The number of carboxylic acids is 1. The third-order valence-corrected chi connectivity index (χ3v) is 3.32.